The molecule has 1 N–H and O–H groups in total. The third kappa shape index (κ3) is 2.71. The molecule has 20 heavy (non-hydrogen) atoms. The topological polar surface area (TPSA) is 20.2 Å². The van der Waals surface area contributed by atoms with Gasteiger partial charge >= 0.3 is 0 Å². The highest BCUT2D eigenvalue weighted by atomic mass is 35.5. The van der Waals surface area contributed by atoms with Crippen molar-refractivity contribution in [1.82, 2.24) is 0 Å². The molecule has 0 fully saturated rings. The van der Waals surface area contributed by atoms with Crippen molar-refractivity contribution in [3.8, 4) is 0 Å². The molecule has 0 saturated carbocycles. The molecular weight excluding hydrogens is 291 g/mol. The van der Waals surface area contributed by atoms with Gasteiger partial charge in [-0.3, -0.25) is 0 Å². The van der Waals surface area contributed by atoms with Crippen LogP contribution in [0.15, 0.2) is 36.4 Å². The summed E-state index contributed by atoms with van der Waals surface area (Å²) in [6, 6.07) is 11.4. The molecular formula is C17H16Cl2O. The molecule has 3 heteroatoms. The third-order valence-corrected chi connectivity index (χ3v) is 4.52. The molecule has 0 spiro atoms. The first-order valence-corrected chi connectivity index (χ1v) is 7.65. The van der Waals surface area contributed by atoms with E-state index >= 15 is 0 Å². The first-order chi connectivity index (χ1) is 9.65. The predicted octanol–water partition coefficient (Wildman–Crippen LogP) is 4.95. The van der Waals surface area contributed by atoms with Crippen LogP contribution in [-0.2, 0) is 12.8 Å². The van der Waals surface area contributed by atoms with Crippen LogP contribution in [0.2, 0.25) is 10.0 Å². The Kier molecular flexibility index (Phi) is 4.02. The number of rotatable bonds is 2. The molecule has 1 unspecified atom stereocenters. The maximum atomic E-state index is 10.6. The van der Waals surface area contributed by atoms with Crippen molar-refractivity contribution in [3.63, 3.8) is 0 Å². The fraction of sp³-hybridized carbons (Fsp3) is 0.294. The minimum absolute atomic E-state index is 0.541. The fourth-order valence-corrected chi connectivity index (χ4v) is 3.23. The molecule has 1 atom stereocenters. The summed E-state index contributed by atoms with van der Waals surface area (Å²) in [4.78, 5) is 0. The van der Waals surface area contributed by atoms with E-state index in [0.717, 1.165) is 18.4 Å². The number of fused-ring (bicyclic) bond motifs is 1. The van der Waals surface area contributed by atoms with E-state index in [9.17, 15) is 5.11 Å². The van der Waals surface area contributed by atoms with Crippen LogP contribution in [0.5, 0.6) is 0 Å². The lowest BCUT2D eigenvalue weighted by atomic mass is 9.88. The largest absolute Gasteiger partial charge is 0.384 e. The second kappa shape index (κ2) is 5.77. The number of halogens is 2. The molecule has 0 aliphatic heterocycles. The summed E-state index contributed by atoms with van der Waals surface area (Å²) in [5.74, 6) is 0. The zero-order valence-electron chi connectivity index (χ0n) is 11.1. The SMILES string of the molecule is OC(c1ccc2c(c1)CCCC2)c1cc(Cl)ccc1Cl. The lowest BCUT2D eigenvalue weighted by molar-refractivity contribution is 0.220. The van der Waals surface area contributed by atoms with Crippen molar-refractivity contribution in [3.05, 3.63) is 68.7 Å². The van der Waals surface area contributed by atoms with E-state index in [1.165, 1.54) is 24.0 Å². The Morgan fingerprint density at radius 3 is 2.45 bits per heavy atom. The molecule has 1 aliphatic rings. The molecule has 104 valence electrons. The summed E-state index contributed by atoms with van der Waals surface area (Å²) in [6.07, 6.45) is 4.00. The summed E-state index contributed by atoms with van der Waals surface area (Å²) in [5.41, 5.74) is 4.31. The first-order valence-electron chi connectivity index (χ1n) is 6.90. The van der Waals surface area contributed by atoms with Crippen molar-refractivity contribution in [1.29, 1.82) is 0 Å². The van der Waals surface area contributed by atoms with Gasteiger partial charge in [-0.05, 0) is 60.6 Å². The maximum absolute atomic E-state index is 10.6. The van der Waals surface area contributed by atoms with Gasteiger partial charge in [0.15, 0.2) is 0 Å². The van der Waals surface area contributed by atoms with Gasteiger partial charge in [-0.15, -0.1) is 0 Å². The monoisotopic (exact) mass is 306 g/mol. The Balaban J connectivity index is 1.97. The minimum atomic E-state index is -0.728. The highest BCUT2D eigenvalue weighted by Gasteiger charge is 2.17. The molecule has 0 bridgehead atoms. The highest BCUT2D eigenvalue weighted by molar-refractivity contribution is 6.33. The quantitative estimate of drug-likeness (QED) is 0.832. The van der Waals surface area contributed by atoms with E-state index in [1.54, 1.807) is 18.2 Å². The number of aliphatic hydroxyl groups is 1. The zero-order valence-corrected chi connectivity index (χ0v) is 12.6. The summed E-state index contributed by atoms with van der Waals surface area (Å²) in [5, 5.41) is 11.7. The van der Waals surface area contributed by atoms with Crippen molar-refractivity contribution in [2.24, 2.45) is 0 Å². The normalized spacial score (nSPS) is 15.8. The lowest BCUT2D eigenvalue weighted by Gasteiger charge is -2.19. The molecule has 0 amide bonds. The molecule has 0 radical (unpaired) electrons. The zero-order chi connectivity index (χ0) is 14.1. The molecule has 2 aromatic rings. The molecule has 1 aliphatic carbocycles. The third-order valence-electron chi connectivity index (χ3n) is 3.94. The van der Waals surface area contributed by atoms with Crippen molar-refractivity contribution >= 4 is 23.2 Å². The van der Waals surface area contributed by atoms with E-state index in [0.29, 0.717) is 15.6 Å². The minimum Gasteiger partial charge on any atom is -0.384 e. The fourth-order valence-electron chi connectivity index (χ4n) is 2.83. The van der Waals surface area contributed by atoms with Crippen molar-refractivity contribution in [2.75, 3.05) is 0 Å². The summed E-state index contributed by atoms with van der Waals surface area (Å²) >= 11 is 12.2. The Labute approximate surface area is 129 Å². The summed E-state index contributed by atoms with van der Waals surface area (Å²) < 4.78 is 0. The van der Waals surface area contributed by atoms with Crippen LogP contribution in [0.25, 0.3) is 0 Å². The standard InChI is InChI=1S/C17H16Cl2O/c18-14-7-8-16(19)15(10-14)17(20)13-6-5-11-3-1-2-4-12(11)9-13/h5-10,17,20H,1-4H2. The van der Waals surface area contributed by atoms with E-state index in [-0.39, 0.29) is 0 Å². The summed E-state index contributed by atoms with van der Waals surface area (Å²) in [7, 11) is 0. The Morgan fingerprint density at radius 2 is 1.65 bits per heavy atom. The number of hydrogen-bond donors (Lipinski definition) is 1. The van der Waals surface area contributed by atoms with Crippen molar-refractivity contribution < 1.29 is 5.11 Å². The molecule has 0 aromatic heterocycles. The second-order valence-electron chi connectivity index (χ2n) is 5.30. The average Bonchev–Trinajstić information content (AvgIpc) is 2.48. The van der Waals surface area contributed by atoms with Gasteiger partial charge in [0, 0.05) is 15.6 Å². The number of aryl methyl sites for hydroxylation is 2. The van der Waals surface area contributed by atoms with Gasteiger partial charge in [0.2, 0.25) is 0 Å². The van der Waals surface area contributed by atoms with Crippen LogP contribution in [-0.4, -0.2) is 5.11 Å². The predicted molar refractivity (Wildman–Crippen MR) is 83.6 cm³/mol. The van der Waals surface area contributed by atoms with Gasteiger partial charge in [-0.1, -0.05) is 41.4 Å². The Hall–Kier alpha value is -1.02. The Bertz CT molecular complexity index is 637. The lowest BCUT2D eigenvalue weighted by Crippen LogP contribution is -2.06. The van der Waals surface area contributed by atoms with Crippen LogP contribution >= 0.6 is 23.2 Å². The van der Waals surface area contributed by atoms with Gasteiger partial charge in [0.1, 0.15) is 6.10 Å². The smallest absolute Gasteiger partial charge is 0.106 e. The molecule has 1 nitrogen and oxygen atoms in total. The van der Waals surface area contributed by atoms with E-state index in [1.807, 2.05) is 6.07 Å². The molecule has 0 heterocycles. The molecule has 0 saturated heterocycles. The van der Waals surface area contributed by atoms with E-state index in [4.69, 9.17) is 23.2 Å². The number of hydrogen-bond acceptors (Lipinski definition) is 1. The Morgan fingerprint density at radius 1 is 0.900 bits per heavy atom. The van der Waals surface area contributed by atoms with Crippen LogP contribution in [0.1, 0.15) is 41.2 Å². The van der Waals surface area contributed by atoms with Crippen LogP contribution in [0, 0.1) is 0 Å². The highest BCUT2D eigenvalue weighted by Crippen LogP contribution is 2.32. The second-order valence-corrected chi connectivity index (χ2v) is 6.15. The van der Waals surface area contributed by atoms with Gasteiger partial charge in [-0.2, -0.15) is 0 Å². The van der Waals surface area contributed by atoms with E-state index < -0.39 is 6.10 Å². The molecule has 3 rings (SSSR count). The first kappa shape index (κ1) is 13.9. The van der Waals surface area contributed by atoms with Gasteiger partial charge in [0.25, 0.3) is 0 Å². The van der Waals surface area contributed by atoms with Gasteiger partial charge < -0.3 is 5.11 Å². The van der Waals surface area contributed by atoms with Crippen LogP contribution < -0.4 is 0 Å². The molecule has 2 aromatic carbocycles. The average molecular weight is 307 g/mol. The summed E-state index contributed by atoms with van der Waals surface area (Å²) in [6.45, 7) is 0. The van der Waals surface area contributed by atoms with Gasteiger partial charge in [-0.25, -0.2) is 0 Å². The van der Waals surface area contributed by atoms with Crippen LogP contribution in [0.3, 0.4) is 0 Å². The maximum Gasteiger partial charge on any atom is 0.106 e. The number of benzene rings is 2. The van der Waals surface area contributed by atoms with Gasteiger partial charge in [0.05, 0.1) is 0 Å². The van der Waals surface area contributed by atoms with Crippen molar-refractivity contribution in [2.45, 2.75) is 31.8 Å². The number of aliphatic hydroxyl groups excluding tert-OH is 1. The van der Waals surface area contributed by atoms with Crippen LogP contribution in [0.4, 0.5) is 0 Å². The van der Waals surface area contributed by atoms with E-state index in [2.05, 4.69) is 12.1 Å².